The van der Waals surface area contributed by atoms with E-state index < -0.39 is 0 Å². The summed E-state index contributed by atoms with van der Waals surface area (Å²) in [6.07, 6.45) is 0. The second kappa shape index (κ2) is 6.85. The first-order valence-corrected chi connectivity index (χ1v) is 7.26. The Balaban J connectivity index is 2.54. The molecule has 1 aromatic heterocycles. The molecule has 0 aliphatic carbocycles. The van der Waals surface area contributed by atoms with Crippen molar-refractivity contribution >= 4 is 17.2 Å². The maximum Gasteiger partial charge on any atom is 0.270 e. The minimum absolute atomic E-state index is 0.0998. The van der Waals surface area contributed by atoms with Crippen molar-refractivity contribution in [2.75, 3.05) is 6.54 Å². The van der Waals surface area contributed by atoms with Gasteiger partial charge in [0.05, 0.1) is 0 Å². The van der Waals surface area contributed by atoms with E-state index in [1.807, 2.05) is 0 Å². The second-order valence-electron chi connectivity index (χ2n) is 5.19. The van der Waals surface area contributed by atoms with Crippen molar-refractivity contribution in [3.8, 4) is 0 Å². The number of carbonyl (C=O) groups excluding carboxylic acids is 1. The Labute approximate surface area is 113 Å². The van der Waals surface area contributed by atoms with Crippen LogP contribution in [0.1, 0.15) is 43.2 Å². The van der Waals surface area contributed by atoms with Gasteiger partial charge in [0, 0.05) is 18.5 Å². The first-order valence-electron chi connectivity index (χ1n) is 6.38. The average molecular weight is 269 g/mol. The molecule has 0 atom stereocenters. The van der Waals surface area contributed by atoms with Gasteiger partial charge in [-0.15, -0.1) is 11.3 Å². The van der Waals surface area contributed by atoms with Crippen LogP contribution in [-0.4, -0.2) is 17.4 Å². The van der Waals surface area contributed by atoms with Crippen LogP contribution in [0.15, 0.2) is 5.38 Å². The molecule has 102 valence electrons. The molecular weight excluding hydrogens is 246 g/mol. The molecule has 0 saturated carbocycles. The Hall–Kier alpha value is -0.940. The van der Waals surface area contributed by atoms with Gasteiger partial charge in [-0.3, -0.25) is 4.79 Å². The molecule has 18 heavy (non-hydrogen) atoms. The summed E-state index contributed by atoms with van der Waals surface area (Å²) < 4.78 is 0. The van der Waals surface area contributed by atoms with E-state index in [-0.39, 0.29) is 5.91 Å². The van der Waals surface area contributed by atoms with Crippen LogP contribution in [0.2, 0.25) is 0 Å². The highest BCUT2D eigenvalue weighted by Crippen LogP contribution is 2.19. The molecule has 0 saturated heterocycles. The maximum absolute atomic E-state index is 11.9. The fourth-order valence-electron chi connectivity index (χ4n) is 2.05. The molecule has 0 aliphatic heterocycles. The fourth-order valence-corrected chi connectivity index (χ4v) is 2.71. The predicted octanol–water partition coefficient (Wildman–Crippen LogP) is 2.26. The summed E-state index contributed by atoms with van der Waals surface area (Å²) in [4.78, 5) is 16.1. The fraction of sp³-hybridized carbons (Fsp3) is 0.692. The summed E-state index contributed by atoms with van der Waals surface area (Å²) in [5.74, 6) is 1.50. The molecule has 0 aliphatic rings. The Morgan fingerprint density at radius 3 is 2.44 bits per heavy atom. The number of nitrogens with zero attached hydrogens (tertiary/aromatic N) is 1. The van der Waals surface area contributed by atoms with Crippen LogP contribution in [0.4, 0.5) is 0 Å². The molecule has 1 rings (SSSR count). The van der Waals surface area contributed by atoms with Crippen LogP contribution in [0.5, 0.6) is 0 Å². The molecule has 0 radical (unpaired) electrons. The van der Waals surface area contributed by atoms with Gasteiger partial charge in [0.1, 0.15) is 10.7 Å². The van der Waals surface area contributed by atoms with Crippen molar-refractivity contribution in [2.24, 2.45) is 23.5 Å². The zero-order valence-corrected chi connectivity index (χ0v) is 12.4. The molecular formula is C13H23N3OS. The highest BCUT2D eigenvalue weighted by atomic mass is 32.1. The number of amides is 1. The number of carbonyl (C=O) groups is 1. The first kappa shape index (κ1) is 15.1. The summed E-state index contributed by atoms with van der Waals surface area (Å²) in [5.41, 5.74) is 5.96. The molecule has 0 aromatic carbocycles. The number of aromatic nitrogens is 1. The van der Waals surface area contributed by atoms with Gasteiger partial charge in [0.25, 0.3) is 5.91 Å². The van der Waals surface area contributed by atoms with Crippen molar-refractivity contribution in [1.29, 1.82) is 0 Å². The Bertz CT molecular complexity index is 379. The van der Waals surface area contributed by atoms with Crippen LogP contribution < -0.4 is 11.1 Å². The van der Waals surface area contributed by atoms with Gasteiger partial charge in [-0.25, -0.2) is 4.98 Å². The third-order valence-corrected chi connectivity index (χ3v) is 4.04. The zero-order valence-electron chi connectivity index (χ0n) is 11.6. The highest BCUT2D eigenvalue weighted by molar-refractivity contribution is 7.09. The van der Waals surface area contributed by atoms with Crippen LogP contribution in [0, 0.1) is 17.8 Å². The molecule has 1 amide bonds. The molecule has 1 aromatic rings. The summed E-state index contributed by atoms with van der Waals surface area (Å²) in [7, 11) is 0. The van der Waals surface area contributed by atoms with Gasteiger partial charge in [0.2, 0.25) is 0 Å². The van der Waals surface area contributed by atoms with Crippen molar-refractivity contribution in [1.82, 2.24) is 10.3 Å². The molecule has 4 nitrogen and oxygen atoms in total. The number of hydrogen-bond donors (Lipinski definition) is 2. The van der Waals surface area contributed by atoms with Gasteiger partial charge >= 0.3 is 0 Å². The predicted molar refractivity (Wildman–Crippen MR) is 75.5 cm³/mol. The molecule has 0 fully saturated rings. The Morgan fingerprint density at radius 1 is 1.39 bits per heavy atom. The van der Waals surface area contributed by atoms with E-state index in [1.54, 1.807) is 5.38 Å². The normalized spacial score (nSPS) is 11.6. The lowest BCUT2D eigenvalue weighted by Gasteiger charge is -2.24. The topological polar surface area (TPSA) is 68.0 Å². The van der Waals surface area contributed by atoms with Gasteiger partial charge in [-0.05, 0) is 17.8 Å². The van der Waals surface area contributed by atoms with Gasteiger partial charge in [-0.1, -0.05) is 27.7 Å². The number of nitrogens with two attached hydrogens (primary N) is 1. The van der Waals surface area contributed by atoms with Gasteiger partial charge in [-0.2, -0.15) is 0 Å². The van der Waals surface area contributed by atoms with E-state index in [1.165, 1.54) is 11.3 Å². The van der Waals surface area contributed by atoms with E-state index in [0.717, 1.165) is 5.01 Å². The lowest BCUT2D eigenvalue weighted by Crippen LogP contribution is -2.34. The lowest BCUT2D eigenvalue weighted by molar-refractivity contribution is 0.0932. The third-order valence-electron chi connectivity index (χ3n) is 3.17. The minimum Gasteiger partial charge on any atom is -0.350 e. The lowest BCUT2D eigenvalue weighted by atomic mass is 9.85. The van der Waals surface area contributed by atoms with Crippen molar-refractivity contribution in [3.63, 3.8) is 0 Å². The standard InChI is InChI=1S/C13H23N3OS/c1-8(2)10(9(3)4)6-15-13(17)11-7-18-12(5-14)16-11/h7-10H,5-6,14H2,1-4H3,(H,15,17). The second-order valence-corrected chi connectivity index (χ2v) is 6.14. The Kier molecular flexibility index (Phi) is 5.75. The van der Waals surface area contributed by atoms with Crippen molar-refractivity contribution in [3.05, 3.63) is 16.1 Å². The average Bonchev–Trinajstić information content (AvgIpc) is 2.76. The number of hydrogen-bond acceptors (Lipinski definition) is 4. The summed E-state index contributed by atoms with van der Waals surface area (Å²) in [5, 5.41) is 5.52. The summed E-state index contributed by atoms with van der Waals surface area (Å²) in [6, 6.07) is 0. The van der Waals surface area contributed by atoms with Crippen molar-refractivity contribution in [2.45, 2.75) is 34.2 Å². The van der Waals surface area contributed by atoms with E-state index in [9.17, 15) is 4.79 Å². The summed E-state index contributed by atoms with van der Waals surface area (Å²) >= 11 is 1.43. The van der Waals surface area contributed by atoms with Crippen LogP contribution >= 0.6 is 11.3 Å². The van der Waals surface area contributed by atoms with Crippen molar-refractivity contribution < 1.29 is 4.79 Å². The van der Waals surface area contributed by atoms with Crippen LogP contribution in [0.3, 0.4) is 0 Å². The van der Waals surface area contributed by atoms with E-state index >= 15 is 0 Å². The molecule has 3 N–H and O–H groups in total. The third kappa shape index (κ3) is 4.07. The van der Waals surface area contributed by atoms with Gasteiger partial charge < -0.3 is 11.1 Å². The monoisotopic (exact) mass is 269 g/mol. The smallest absolute Gasteiger partial charge is 0.270 e. The number of rotatable bonds is 6. The SMILES string of the molecule is CC(C)C(CNC(=O)c1csc(CN)n1)C(C)C. The van der Waals surface area contributed by atoms with E-state index in [2.05, 4.69) is 38.0 Å². The number of thiazole rings is 1. The highest BCUT2D eigenvalue weighted by Gasteiger charge is 2.19. The van der Waals surface area contributed by atoms with Crippen LogP contribution in [-0.2, 0) is 6.54 Å². The molecule has 0 spiro atoms. The van der Waals surface area contributed by atoms with Gasteiger partial charge in [0.15, 0.2) is 0 Å². The molecule has 5 heteroatoms. The molecule has 0 unspecified atom stereocenters. The zero-order chi connectivity index (χ0) is 13.7. The molecule has 1 heterocycles. The van der Waals surface area contributed by atoms with E-state index in [0.29, 0.717) is 36.5 Å². The minimum atomic E-state index is -0.0998. The van der Waals surface area contributed by atoms with E-state index in [4.69, 9.17) is 5.73 Å². The number of nitrogens with one attached hydrogen (secondary N) is 1. The maximum atomic E-state index is 11.9. The largest absolute Gasteiger partial charge is 0.350 e. The Morgan fingerprint density at radius 2 is 2.00 bits per heavy atom. The quantitative estimate of drug-likeness (QED) is 0.832. The summed E-state index contributed by atoms with van der Waals surface area (Å²) in [6.45, 7) is 9.83. The van der Waals surface area contributed by atoms with Crippen LogP contribution in [0.25, 0.3) is 0 Å². The molecule has 0 bridgehead atoms. The first-order chi connectivity index (χ1) is 8.45.